The number of piperidine rings is 1. The maximum Gasteiger partial charge on any atom is 0.239 e. The summed E-state index contributed by atoms with van der Waals surface area (Å²) in [6.07, 6.45) is 5.64. The van der Waals surface area contributed by atoms with Gasteiger partial charge in [0.15, 0.2) is 0 Å². The Bertz CT molecular complexity index is 267. The third-order valence-electron chi connectivity index (χ3n) is 4.62. The summed E-state index contributed by atoms with van der Waals surface area (Å²) in [4.78, 5) is 14.1. The number of carbonyl (C=O) groups is 1. The van der Waals surface area contributed by atoms with Crippen molar-refractivity contribution in [1.82, 2.24) is 4.90 Å². The Kier molecular flexibility index (Phi) is 3.53. The first-order valence-corrected chi connectivity index (χ1v) is 6.71. The van der Waals surface area contributed by atoms with Gasteiger partial charge in [-0.2, -0.15) is 0 Å². The van der Waals surface area contributed by atoms with Crippen LogP contribution in [-0.2, 0) is 4.79 Å². The van der Waals surface area contributed by atoms with Crippen LogP contribution in [-0.4, -0.2) is 29.4 Å². The molecule has 1 heterocycles. The van der Waals surface area contributed by atoms with E-state index in [9.17, 15) is 4.79 Å². The minimum Gasteiger partial charge on any atom is -0.338 e. The molecule has 2 aliphatic rings. The monoisotopic (exact) mass is 224 g/mol. The van der Waals surface area contributed by atoms with Crippen molar-refractivity contribution in [2.75, 3.05) is 6.54 Å². The number of amides is 1. The number of hydrogen-bond acceptors (Lipinski definition) is 2. The minimum absolute atomic E-state index is 0.194. The first-order chi connectivity index (χ1) is 7.65. The molecular weight excluding hydrogens is 200 g/mol. The number of likely N-dealkylation sites (tertiary alicyclic amines) is 1. The molecule has 2 rings (SSSR count). The molecule has 1 saturated heterocycles. The molecule has 3 heteroatoms. The molecule has 4 unspecified atom stereocenters. The molecule has 3 nitrogen and oxygen atoms in total. The van der Waals surface area contributed by atoms with Gasteiger partial charge in [0.25, 0.3) is 0 Å². The number of nitrogens with zero attached hydrogens (tertiary/aromatic N) is 1. The minimum atomic E-state index is -0.235. The predicted octanol–water partition coefficient (Wildman–Crippen LogP) is 1.76. The van der Waals surface area contributed by atoms with Gasteiger partial charge in [0.05, 0.1) is 6.04 Å². The Morgan fingerprint density at radius 1 is 1.38 bits per heavy atom. The lowest BCUT2D eigenvalue weighted by Crippen LogP contribution is -2.53. The van der Waals surface area contributed by atoms with Crippen LogP contribution >= 0.6 is 0 Å². The van der Waals surface area contributed by atoms with Gasteiger partial charge in [-0.1, -0.05) is 20.3 Å². The normalized spacial score (nSPS) is 40.4. The van der Waals surface area contributed by atoms with Crippen LogP contribution in [0.1, 0.15) is 46.0 Å². The molecule has 1 amide bonds. The smallest absolute Gasteiger partial charge is 0.239 e. The second-order valence-corrected chi connectivity index (χ2v) is 5.45. The number of rotatable bonds is 2. The van der Waals surface area contributed by atoms with Gasteiger partial charge in [-0.15, -0.1) is 0 Å². The molecule has 16 heavy (non-hydrogen) atoms. The molecule has 0 radical (unpaired) electrons. The molecule has 0 aromatic carbocycles. The van der Waals surface area contributed by atoms with Gasteiger partial charge in [0, 0.05) is 12.6 Å². The first-order valence-electron chi connectivity index (χ1n) is 6.71. The molecule has 2 fully saturated rings. The van der Waals surface area contributed by atoms with Crippen molar-refractivity contribution in [3.05, 3.63) is 0 Å². The van der Waals surface area contributed by atoms with E-state index in [0.717, 1.165) is 25.3 Å². The molecule has 1 aliphatic carbocycles. The summed E-state index contributed by atoms with van der Waals surface area (Å²) < 4.78 is 0. The van der Waals surface area contributed by atoms with Crippen molar-refractivity contribution < 1.29 is 4.79 Å². The quantitative estimate of drug-likeness (QED) is 0.777. The van der Waals surface area contributed by atoms with Crippen LogP contribution in [0.2, 0.25) is 0 Å². The average molecular weight is 224 g/mol. The first kappa shape index (κ1) is 11.9. The Balaban J connectivity index is 2.04. The summed E-state index contributed by atoms with van der Waals surface area (Å²) >= 11 is 0. The third kappa shape index (κ3) is 1.97. The van der Waals surface area contributed by atoms with Crippen LogP contribution in [0.3, 0.4) is 0 Å². The van der Waals surface area contributed by atoms with Crippen molar-refractivity contribution in [2.24, 2.45) is 17.6 Å². The fourth-order valence-corrected chi connectivity index (χ4v) is 3.50. The molecule has 0 aromatic heterocycles. The maximum atomic E-state index is 12.1. The van der Waals surface area contributed by atoms with Crippen LogP contribution in [0, 0.1) is 11.8 Å². The van der Waals surface area contributed by atoms with E-state index in [1.165, 1.54) is 19.3 Å². The van der Waals surface area contributed by atoms with Crippen LogP contribution in [0.4, 0.5) is 0 Å². The van der Waals surface area contributed by atoms with Crippen LogP contribution in [0.15, 0.2) is 0 Å². The third-order valence-corrected chi connectivity index (χ3v) is 4.62. The lowest BCUT2D eigenvalue weighted by atomic mass is 9.91. The van der Waals surface area contributed by atoms with Gasteiger partial charge in [0.2, 0.25) is 5.91 Å². The van der Waals surface area contributed by atoms with Crippen LogP contribution < -0.4 is 5.73 Å². The highest BCUT2D eigenvalue weighted by molar-refractivity contribution is 5.82. The Morgan fingerprint density at radius 3 is 2.75 bits per heavy atom. The van der Waals surface area contributed by atoms with E-state index in [1.807, 2.05) is 0 Å². The molecule has 0 spiro atoms. The van der Waals surface area contributed by atoms with Crippen molar-refractivity contribution in [1.29, 1.82) is 0 Å². The van der Waals surface area contributed by atoms with Gasteiger partial charge in [0.1, 0.15) is 0 Å². The number of nitrogens with two attached hydrogens (primary N) is 1. The Morgan fingerprint density at radius 2 is 2.12 bits per heavy atom. The van der Waals surface area contributed by atoms with Crippen LogP contribution in [0.5, 0.6) is 0 Å². The highest BCUT2D eigenvalue weighted by Gasteiger charge is 2.39. The molecule has 2 N–H and O–H groups in total. The fourth-order valence-electron chi connectivity index (χ4n) is 3.50. The molecule has 92 valence electrons. The van der Waals surface area contributed by atoms with Crippen molar-refractivity contribution in [3.63, 3.8) is 0 Å². The van der Waals surface area contributed by atoms with E-state index in [0.29, 0.717) is 12.0 Å². The number of carbonyl (C=O) groups excluding carboxylic acids is 1. The summed E-state index contributed by atoms with van der Waals surface area (Å²) in [5.74, 6) is 1.65. The van der Waals surface area contributed by atoms with Crippen molar-refractivity contribution >= 4 is 5.91 Å². The fraction of sp³-hybridized carbons (Fsp3) is 0.923. The zero-order valence-electron chi connectivity index (χ0n) is 10.5. The zero-order valence-corrected chi connectivity index (χ0v) is 10.5. The summed E-state index contributed by atoms with van der Waals surface area (Å²) in [5, 5.41) is 0. The van der Waals surface area contributed by atoms with Gasteiger partial charge < -0.3 is 10.6 Å². The Labute approximate surface area is 98.4 Å². The highest BCUT2D eigenvalue weighted by Crippen LogP contribution is 2.37. The summed E-state index contributed by atoms with van der Waals surface area (Å²) in [6, 6.07) is 0.227. The topological polar surface area (TPSA) is 46.3 Å². The van der Waals surface area contributed by atoms with E-state index in [1.54, 1.807) is 0 Å². The largest absolute Gasteiger partial charge is 0.338 e. The van der Waals surface area contributed by atoms with E-state index in [2.05, 4.69) is 18.7 Å². The lowest BCUT2D eigenvalue weighted by molar-refractivity contribution is -0.138. The van der Waals surface area contributed by atoms with Gasteiger partial charge >= 0.3 is 0 Å². The van der Waals surface area contributed by atoms with Gasteiger partial charge in [-0.25, -0.2) is 0 Å². The SMILES string of the molecule is CCC1CCC(N2CCCC(N)C2=O)C1C. The number of hydrogen-bond donors (Lipinski definition) is 1. The molecule has 0 aromatic rings. The Hall–Kier alpha value is -0.570. The standard InChI is InChI=1S/C13H24N2O/c1-3-10-6-7-12(9(10)2)15-8-4-5-11(14)13(15)16/h9-12H,3-8,14H2,1-2H3. The van der Waals surface area contributed by atoms with Gasteiger partial charge in [-0.3, -0.25) is 4.79 Å². The summed E-state index contributed by atoms with van der Waals surface area (Å²) in [6.45, 7) is 5.49. The molecule has 1 saturated carbocycles. The van der Waals surface area contributed by atoms with E-state index < -0.39 is 0 Å². The average Bonchev–Trinajstić information content (AvgIpc) is 2.64. The highest BCUT2D eigenvalue weighted by atomic mass is 16.2. The maximum absolute atomic E-state index is 12.1. The van der Waals surface area contributed by atoms with E-state index in [4.69, 9.17) is 5.73 Å². The molecule has 1 aliphatic heterocycles. The second-order valence-electron chi connectivity index (χ2n) is 5.45. The summed E-state index contributed by atoms with van der Waals surface area (Å²) in [5.41, 5.74) is 5.86. The van der Waals surface area contributed by atoms with E-state index >= 15 is 0 Å². The zero-order chi connectivity index (χ0) is 11.7. The van der Waals surface area contributed by atoms with Crippen molar-refractivity contribution in [2.45, 2.75) is 58.0 Å². The lowest BCUT2D eigenvalue weighted by Gasteiger charge is -2.38. The van der Waals surface area contributed by atoms with Crippen LogP contribution in [0.25, 0.3) is 0 Å². The molecule has 0 bridgehead atoms. The summed E-state index contributed by atoms with van der Waals surface area (Å²) in [7, 11) is 0. The predicted molar refractivity (Wildman–Crippen MR) is 64.9 cm³/mol. The second kappa shape index (κ2) is 4.74. The van der Waals surface area contributed by atoms with Gasteiger partial charge in [-0.05, 0) is 37.5 Å². The molecule has 4 atom stereocenters. The van der Waals surface area contributed by atoms with E-state index in [-0.39, 0.29) is 11.9 Å². The van der Waals surface area contributed by atoms with Crippen molar-refractivity contribution in [3.8, 4) is 0 Å². The molecular formula is C13H24N2O.